The van der Waals surface area contributed by atoms with Crippen LogP contribution in [0.1, 0.15) is 223 Å². The van der Waals surface area contributed by atoms with Crippen LogP contribution in [0.2, 0.25) is 0 Å². The van der Waals surface area contributed by atoms with Gasteiger partial charge in [0.25, 0.3) is 0 Å². The van der Waals surface area contributed by atoms with Crippen molar-refractivity contribution in [3.8, 4) is 0 Å². The first kappa shape index (κ1) is 114. The van der Waals surface area contributed by atoms with Gasteiger partial charge in [0.1, 0.15) is 103 Å². The molecule has 4 rings (SSSR count). The predicted octanol–water partition coefficient (Wildman–Crippen LogP) is -4.22. The van der Waals surface area contributed by atoms with Crippen molar-refractivity contribution in [1.82, 2.24) is 101 Å². The Hall–Kier alpha value is -13.1. The Labute approximate surface area is 785 Å². The first-order valence-corrected chi connectivity index (χ1v) is 46.1. The van der Waals surface area contributed by atoms with Crippen LogP contribution in [-0.4, -0.2) is 280 Å². The number of amides is 21. The van der Waals surface area contributed by atoms with Gasteiger partial charge in [0.05, 0.1) is 31.5 Å². The zero-order valence-electron chi connectivity index (χ0n) is 79.4. The van der Waals surface area contributed by atoms with Crippen molar-refractivity contribution >= 4 is 136 Å². The molecule has 2 aliphatic heterocycles. The zero-order valence-corrected chi connectivity index (χ0v) is 79.4. The van der Waals surface area contributed by atoms with Crippen LogP contribution < -0.4 is 107 Å². The molecule has 0 saturated carbocycles. The van der Waals surface area contributed by atoms with Crippen LogP contribution in [0.25, 0.3) is 0 Å². The summed E-state index contributed by atoms with van der Waals surface area (Å²) in [4.78, 5) is 289. The number of fused-ring (bicyclic) bond motifs is 1. The highest BCUT2D eigenvalue weighted by Gasteiger charge is 2.42. The Morgan fingerprint density at radius 2 is 0.756 bits per heavy atom. The van der Waals surface area contributed by atoms with Crippen LogP contribution in [0.15, 0.2) is 59.6 Å². The molecule has 21 amide bonds. The van der Waals surface area contributed by atoms with E-state index in [1.54, 1.807) is 85.0 Å². The van der Waals surface area contributed by atoms with Gasteiger partial charge in [-0.3, -0.25) is 106 Å². The average molecular weight is 1900 g/mol. The number of primary amides is 2. The van der Waals surface area contributed by atoms with E-state index in [1.807, 2.05) is 24.3 Å². The zero-order chi connectivity index (χ0) is 101. The average Bonchev–Trinajstić information content (AvgIpc) is 1.72. The van der Waals surface area contributed by atoms with Crippen molar-refractivity contribution in [2.45, 2.75) is 327 Å². The van der Waals surface area contributed by atoms with E-state index in [-0.39, 0.29) is 115 Å². The lowest BCUT2D eigenvalue weighted by molar-refractivity contribution is -0.142. The molecule has 2 aromatic rings. The quantitative estimate of drug-likeness (QED) is 0.0298. The Kier molecular flexibility index (Phi) is 49.2. The molecule has 2 aromatic carbocycles. The summed E-state index contributed by atoms with van der Waals surface area (Å²) in [7, 11) is 0. The van der Waals surface area contributed by atoms with Crippen LogP contribution in [0.5, 0.6) is 0 Å². The normalized spacial score (nSPS) is 16.8. The van der Waals surface area contributed by atoms with E-state index in [4.69, 9.17) is 11.5 Å². The van der Waals surface area contributed by atoms with E-state index in [1.165, 1.54) is 53.4 Å². The number of rotatable bonds is 59. The largest absolute Gasteiger partial charge is 0.394 e. The van der Waals surface area contributed by atoms with Gasteiger partial charge in [0.15, 0.2) is 0 Å². The molecule has 45 heteroatoms. The maximum absolute atomic E-state index is 14.2. The van der Waals surface area contributed by atoms with E-state index in [0.29, 0.717) is 6.42 Å². The molecule has 748 valence electrons. The highest BCUT2D eigenvalue weighted by molar-refractivity contribution is 6.02. The Bertz CT molecular complexity index is 4480. The van der Waals surface area contributed by atoms with Gasteiger partial charge in [-0.1, -0.05) is 125 Å². The molecule has 2 heterocycles. The van der Waals surface area contributed by atoms with E-state index in [0.717, 1.165) is 16.8 Å². The minimum absolute atomic E-state index is 0.0158. The number of likely N-dealkylation sites (tertiary alicyclic amines) is 1. The molecule has 0 radical (unpaired) electrons. The first-order valence-electron chi connectivity index (χ1n) is 46.1. The summed E-state index contributed by atoms with van der Waals surface area (Å²) in [6.07, 6.45) is 1.08. The van der Waals surface area contributed by atoms with Crippen molar-refractivity contribution in [3.63, 3.8) is 0 Å². The summed E-state index contributed by atoms with van der Waals surface area (Å²) in [5, 5.41) is 66.2. The number of hydrogen-bond acceptors (Lipinski definition) is 24. The topological polar surface area (TPSA) is 683 Å². The summed E-state index contributed by atoms with van der Waals surface area (Å²) >= 11 is 0. The number of aliphatic hydroxyl groups excluding tert-OH is 2. The van der Waals surface area contributed by atoms with Crippen molar-refractivity contribution in [2.75, 3.05) is 26.3 Å². The van der Waals surface area contributed by atoms with E-state index >= 15 is 0 Å². The van der Waals surface area contributed by atoms with Crippen molar-refractivity contribution in [3.05, 3.63) is 65.7 Å². The molecule has 135 heavy (non-hydrogen) atoms. The maximum Gasteiger partial charge on any atom is 0.245 e. The van der Waals surface area contributed by atoms with Gasteiger partial charge in [0.2, 0.25) is 124 Å². The molecule has 2 unspecified atom stereocenters. The second-order valence-corrected chi connectivity index (χ2v) is 33.7. The van der Waals surface area contributed by atoms with Crippen molar-refractivity contribution in [1.29, 1.82) is 0 Å². The third-order valence-corrected chi connectivity index (χ3v) is 22.7. The molecular weight excluding hydrogens is 1760 g/mol. The Balaban J connectivity index is 1.28. The molecule has 24 N–H and O–H groups in total. The summed E-state index contributed by atoms with van der Waals surface area (Å²) in [6, 6.07) is -6.84. The number of nitrogens with one attached hydrogen (secondary N) is 18. The first-order chi connectivity index (χ1) is 64.0. The van der Waals surface area contributed by atoms with E-state index in [9.17, 15) is 111 Å². The standard InChI is InChI=1S/C90H140N22O23/c1-15-55(99-73(118)44-94-76(121)65(35-37-71(91)116)108-86(131)67(40-47(10)11)110-83(128)60(20-6)103-80(125)58(18-4)105-88(133)69(46-114)111-84(129)61(21-7)104-87(132)68(97-50(14)115)41-51-30-25-24-26-31-51)78(123)100-56(16-2)77(122)96-48(12)74(119)95-49(13)75(120)107-63(23-9)90(135)112-39-29-34-70(112)89(134)106-62(22-8)81(126)101-57(17-3)79(124)102-59(19-5)82(127)109-66(36-38-72(92)117)85(130)98-53(45-113)42-52-43-93-64-33-28-27-32-54(52)64/h24-28,30-33,43,47-49,52-53,55-63,65-70,113-114H,15-23,29,34-42,44-46H2,1-14H3,(H2,91,116)(H2,92,117)(H,94,121)(H,95,119)(H,96,122)(H,97,115)(H,98,130)(H,99,118)(H,100,123)(H,101,126)(H,102,124)(H,103,125)(H,104,132)(H,105,133)(H,106,134)(H,107,120)(H,108,131)(H,109,127)(H,110,128)(H,111,129)/t48-,49-,52?,53?,55-,56-,57-,58-,59-,60-,61-,62-,63-,65-,66-,67-,68-,69-,70-/m0/s1. The maximum atomic E-state index is 14.2. The molecule has 2 aliphatic rings. The predicted molar refractivity (Wildman–Crippen MR) is 493 cm³/mol. The Morgan fingerprint density at radius 1 is 0.393 bits per heavy atom. The van der Waals surface area contributed by atoms with Crippen LogP contribution >= 0.6 is 0 Å². The van der Waals surface area contributed by atoms with Gasteiger partial charge in [-0.15, -0.1) is 0 Å². The third kappa shape index (κ3) is 37.4. The number of carbonyl (C=O) groups excluding carboxylic acids is 21. The van der Waals surface area contributed by atoms with Crippen LogP contribution in [0, 0.1) is 5.92 Å². The molecule has 1 saturated heterocycles. The SMILES string of the molecule is CC[C@H](NC(=O)CNC(=O)[C@H](CCC(N)=O)NC(=O)[C@H](CC(C)C)NC(=O)[C@H](CC)NC(=O)[C@H](CC)NC(=O)[C@H](CO)NC(=O)[C@H](CC)NC(=O)[C@H](Cc1ccccc1)NC(C)=O)C(=O)N[C@@H](CC)C(=O)N[C@@H](C)C(=O)N[C@@H](C)C(=O)N[C@@H](CC)C(=O)N1CCC[C@H]1C(=O)N[C@@H](CC)C(=O)N[C@@H](CC)C(=O)N[C@@H](CC)C(=O)N[C@@H](CCC(N)=O)C(=O)NC(CO)CC1C=Nc2ccccc21. The molecule has 0 bridgehead atoms. The Morgan fingerprint density at radius 3 is 1.19 bits per heavy atom. The lowest BCUT2D eigenvalue weighted by Gasteiger charge is -2.30. The number of hydrogen-bond donors (Lipinski definition) is 22. The summed E-state index contributed by atoms with van der Waals surface area (Å²) < 4.78 is 0. The molecule has 1 fully saturated rings. The highest BCUT2D eigenvalue weighted by atomic mass is 16.3. The highest BCUT2D eigenvalue weighted by Crippen LogP contribution is 2.34. The third-order valence-electron chi connectivity index (χ3n) is 22.7. The molecule has 0 spiro atoms. The second kappa shape index (κ2) is 58.1. The van der Waals surface area contributed by atoms with Gasteiger partial charge in [0, 0.05) is 44.9 Å². The van der Waals surface area contributed by atoms with E-state index < -0.39 is 265 Å². The van der Waals surface area contributed by atoms with Gasteiger partial charge in [-0.25, -0.2) is 0 Å². The fourth-order valence-electron chi connectivity index (χ4n) is 14.7. The monoisotopic (exact) mass is 1900 g/mol. The van der Waals surface area contributed by atoms with Gasteiger partial charge >= 0.3 is 0 Å². The molecular formula is C90H140N22O23. The van der Waals surface area contributed by atoms with Crippen LogP contribution in [0.3, 0.4) is 0 Å². The number of aliphatic imine (C=N–C) groups is 1. The number of nitrogens with two attached hydrogens (primary N) is 2. The molecule has 0 aromatic heterocycles. The summed E-state index contributed by atoms with van der Waals surface area (Å²) in [5.74, 6) is -17.6. The minimum Gasteiger partial charge on any atom is -0.394 e. The van der Waals surface area contributed by atoms with Crippen LogP contribution in [-0.2, 0) is 107 Å². The number of benzene rings is 2. The van der Waals surface area contributed by atoms with Crippen LogP contribution in [0.4, 0.5) is 5.69 Å². The minimum atomic E-state index is -1.63. The lowest BCUT2D eigenvalue weighted by Crippen LogP contribution is -2.60. The van der Waals surface area contributed by atoms with Gasteiger partial charge in [-0.05, 0) is 133 Å². The second-order valence-electron chi connectivity index (χ2n) is 33.7. The lowest BCUT2D eigenvalue weighted by atomic mass is 9.94. The van der Waals surface area contributed by atoms with Crippen molar-refractivity contribution < 1.29 is 111 Å². The summed E-state index contributed by atoms with van der Waals surface area (Å²) in [6.45, 7) is 19.3. The molecule has 45 nitrogen and oxygen atoms in total. The number of aliphatic hydroxyl groups is 2. The van der Waals surface area contributed by atoms with E-state index in [2.05, 4.69) is 101 Å². The smallest absolute Gasteiger partial charge is 0.245 e. The fourth-order valence-corrected chi connectivity index (χ4v) is 14.7. The fraction of sp³-hybridized carbons (Fsp3) is 0.622. The number of nitrogens with zero attached hydrogens (tertiary/aromatic N) is 2. The van der Waals surface area contributed by atoms with Gasteiger partial charge in [-0.2, -0.15) is 0 Å². The molecule has 19 atom stereocenters. The molecule has 0 aliphatic carbocycles. The number of para-hydroxylation sites is 1. The summed E-state index contributed by atoms with van der Waals surface area (Å²) in [5.41, 5.74) is 13.2. The van der Waals surface area contributed by atoms with Gasteiger partial charge < -0.3 is 122 Å². The van der Waals surface area contributed by atoms with Crippen molar-refractivity contribution in [2.24, 2.45) is 22.4 Å². The number of carbonyl (C=O) groups is 21.